The standard InChI is InChI=1S/C22H27N5O2/c1-15-20(22(26(2)25-15)27-8-10-29-11-9-27)14-24-21(28)17-7-6-16-4-3-5-18(13-23)19(16)12-17/h3-7,12H,8-11,13-14,23H2,1-2H3,(H,24,28). The fourth-order valence-corrected chi connectivity index (χ4v) is 3.99. The van der Waals surface area contributed by atoms with Gasteiger partial charge in [0, 0.05) is 44.4 Å². The van der Waals surface area contributed by atoms with Gasteiger partial charge in [0.2, 0.25) is 0 Å². The van der Waals surface area contributed by atoms with Crippen LogP contribution < -0.4 is 16.0 Å². The van der Waals surface area contributed by atoms with Crippen molar-refractivity contribution in [2.24, 2.45) is 12.8 Å². The highest BCUT2D eigenvalue weighted by atomic mass is 16.5. The Morgan fingerprint density at radius 2 is 2.03 bits per heavy atom. The van der Waals surface area contributed by atoms with Crippen molar-refractivity contribution in [2.75, 3.05) is 31.2 Å². The zero-order valence-corrected chi connectivity index (χ0v) is 16.9. The van der Waals surface area contributed by atoms with Gasteiger partial charge in [-0.1, -0.05) is 24.3 Å². The Labute approximate surface area is 170 Å². The van der Waals surface area contributed by atoms with E-state index in [1.54, 1.807) is 0 Å². The molecule has 29 heavy (non-hydrogen) atoms. The summed E-state index contributed by atoms with van der Waals surface area (Å²) in [5, 5.41) is 9.75. The molecule has 3 N–H and O–H groups in total. The zero-order chi connectivity index (χ0) is 20.4. The molecular weight excluding hydrogens is 366 g/mol. The Kier molecular flexibility index (Phi) is 5.51. The van der Waals surface area contributed by atoms with Crippen LogP contribution in [0.15, 0.2) is 36.4 Å². The zero-order valence-electron chi connectivity index (χ0n) is 16.9. The topological polar surface area (TPSA) is 85.4 Å². The van der Waals surface area contributed by atoms with Crippen molar-refractivity contribution >= 4 is 22.5 Å². The lowest BCUT2D eigenvalue weighted by atomic mass is 10.0. The first-order chi connectivity index (χ1) is 14.1. The number of nitrogens with zero attached hydrogens (tertiary/aromatic N) is 3. The number of anilines is 1. The van der Waals surface area contributed by atoms with Crippen LogP contribution in [-0.2, 0) is 24.9 Å². The summed E-state index contributed by atoms with van der Waals surface area (Å²) < 4.78 is 7.36. The lowest BCUT2D eigenvalue weighted by Gasteiger charge is -2.29. The van der Waals surface area contributed by atoms with Gasteiger partial charge in [0.15, 0.2) is 0 Å². The Morgan fingerprint density at radius 3 is 2.79 bits per heavy atom. The second kappa shape index (κ2) is 8.23. The van der Waals surface area contributed by atoms with Gasteiger partial charge < -0.3 is 20.7 Å². The van der Waals surface area contributed by atoms with Crippen molar-refractivity contribution in [2.45, 2.75) is 20.0 Å². The van der Waals surface area contributed by atoms with E-state index in [9.17, 15) is 4.79 Å². The number of nitrogens with two attached hydrogens (primary N) is 1. The molecule has 1 fully saturated rings. The van der Waals surface area contributed by atoms with E-state index < -0.39 is 0 Å². The molecule has 1 aliphatic heterocycles. The molecule has 0 spiro atoms. The van der Waals surface area contributed by atoms with E-state index in [0.717, 1.165) is 46.5 Å². The number of aryl methyl sites for hydroxylation is 2. The van der Waals surface area contributed by atoms with Gasteiger partial charge in [-0.25, -0.2) is 0 Å². The summed E-state index contributed by atoms with van der Waals surface area (Å²) in [5.74, 6) is 0.949. The number of aromatic nitrogens is 2. The molecule has 2 aromatic carbocycles. The van der Waals surface area contributed by atoms with E-state index in [2.05, 4.69) is 15.3 Å². The van der Waals surface area contributed by atoms with Gasteiger partial charge in [0.1, 0.15) is 5.82 Å². The summed E-state index contributed by atoms with van der Waals surface area (Å²) in [5.41, 5.74) is 9.51. The summed E-state index contributed by atoms with van der Waals surface area (Å²) in [6, 6.07) is 11.8. The van der Waals surface area contributed by atoms with Crippen LogP contribution in [0, 0.1) is 6.92 Å². The Hall–Kier alpha value is -2.90. The van der Waals surface area contributed by atoms with Crippen molar-refractivity contribution < 1.29 is 9.53 Å². The Morgan fingerprint density at radius 1 is 1.24 bits per heavy atom. The molecule has 3 aromatic rings. The average Bonchev–Trinajstić information content (AvgIpc) is 3.04. The summed E-state index contributed by atoms with van der Waals surface area (Å²) in [7, 11) is 1.95. The Balaban J connectivity index is 1.55. The maximum atomic E-state index is 12.9. The highest BCUT2D eigenvalue weighted by Gasteiger charge is 2.22. The van der Waals surface area contributed by atoms with Crippen molar-refractivity contribution in [3.63, 3.8) is 0 Å². The predicted octanol–water partition coefficient (Wildman–Crippen LogP) is 2.11. The molecule has 0 saturated carbocycles. The second-order valence-electron chi connectivity index (χ2n) is 7.35. The SMILES string of the molecule is Cc1nn(C)c(N2CCOCC2)c1CNC(=O)c1ccc2cccc(CN)c2c1. The summed E-state index contributed by atoms with van der Waals surface area (Å²) in [6.07, 6.45) is 0. The number of ether oxygens (including phenoxy) is 1. The molecular formula is C22H27N5O2. The number of carbonyl (C=O) groups excluding carboxylic acids is 1. The molecule has 4 rings (SSSR count). The van der Waals surface area contributed by atoms with Crippen LogP contribution in [0.5, 0.6) is 0 Å². The summed E-state index contributed by atoms with van der Waals surface area (Å²) >= 11 is 0. The first-order valence-corrected chi connectivity index (χ1v) is 9.93. The van der Waals surface area contributed by atoms with Gasteiger partial charge >= 0.3 is 0 Å². The van der Waals surface area contributed by atoms with Gasteiger partial charge in [-0.15, -0.1) is 0 Å². The van der Waals surface area contributed by atoms with Gasteiger partial charge in [0.05, 0.1) is 18.9 Å². The molecule has 0 radical (unpaired) electrons. The van der Waals surface area contributed by atoms with Crippen LogP contribution in [-0.4, -0.2) is 42.0 Å². The summed E-state index contributed by atoms with van der Waals surface area (Å²) in [4.78, 5) is 15.1. The molecule has 2 heterocycles. The lowest BCUT2D eigenvalue weighted by molar-refractivity contribution is 0.0950. The molecule has 1 aromatic heterocycles. The van der Waals surface area contributed by atoms with Gasteiger partial charge in [-0.3, -0.25) is 9.48 Å². The van der Waals surface area contributed by atoms with E-state index in [-0.39, 0.29) is 5.91 Å². The van der Waals surface area contributed by atoms with Crippen molar-refractivity contribution in [3.05, 3.63) is 58.8 Å². The lowest BCUT2D eigenvalue weighted by Crippen LogP contribution is -2.38. The van der Waals surface area contributed by atoms with Crippen LogP contribution in [0.2, 0.25) is 0 Å². The van der Waals surface area contributed by atoms with Crippen molar-refractivity contribution in [1.29, 1.82) is 0 Å². The van der Waals surface area contributed by atoms with E-state index in [4.69, 9.17) is 10.5 Å². The first kappa shape index (κ1) is 19.4. The van der Waals surface area contributed by atoms with Crippen LogP contribution in [0.3, 0.4) is 0 Å². The van der Waals surface area contributed by atoms with Crippen molar-refractivity contribution in [1.82, 2.24) is 15.1 Å². The minimum Gasteiger partial charge on any atom is -0.378 e. The monoisotopic (exact) mass is 393 g/mol. The van der Waals surface area contributed by atoms with Crippen LogP contribution in [0.4, 0.5) is 5.82 Å². The predicted molar refractivity (Wildman–Crippen MR) is 114 cm³/mol. The third-order valence-electron chi connectivity index (χ3n) is 5.50. The van der Waals surface area contributed by atoms with Crippen LogP contribution in [0.25, 0.3) is 10.8 Å². The Bertz CT molecular complexity index is 1040. The van der Waals surface area contributed by atoms with E-state index in [1.807, 2.05) is 55.1 Å². The quantitative estimate of drug-likeness (QED) is 0.693. The fourth-order valence-electron chi connectivity index (χ4n) is 3.99. The highest BCUT2D eigenvalue weighted by molar-refractivity contribution is 5.99. The number of benzene rings is 2. The number of morpholine rings is 1. The fraction of sp³-hybridized carbons (Fsp3) is 0.364. The normalized spacial score (nSPS) is 14.4. The van der Waals surface area contributed by atoms with Crippen molar-refractivity contribution in [3.8, 4) is 0 Å². The maximum Gasteiger partial charge on any atom is 0.251 e. The van der Waals surface area contributed by atoms with Gasteiger partial charge in [-0.2, -0.15) is 5.10 Å². The van der Waals surface area contributed by atoms with E-state index >= 15 is 0 Å². The number of hydrogen-bond donors (Lipinski definition) is 2. The number of rotatable bonds is 5. The number of hydrogen-bond acceptors (Lipinski definition) is 5. The molecule has 0 atom stereocenters. The number of nitrogens with one attached hydrogen (secondary N) is 1. The highest BCUT2D eigenvalue weighted by Crippen LogP contribution is 2.25. The number of carbonyl (C=O) groups is 1. The smallest absolute Gasteiger partial charge is 0.251 e. The molecule has 152 valence electrons. The molecule has 1 amide bonds. The molecule has 1 saturated heterocycles. The molecule has 7 heteroatoms. The van der Waals surface area contributed by atoms with Gasteiger partial charge in [0.25, 0.3) is 5.91 Å². The maximum absolute atomic E-state index is 12.9. The van der Waals surface area contributed by atoms with Gasteiger partial charge in [-0.05, 0) is 35.4 Å². The number of amides is 1. The minimum atomic E-state index is -0.102. The first-order valence-electron chi connectivity index (χ1n) is 9.93. The van der Waals surface area contributed by atoms with Crippen LogP contribution in [0.1, 0.15) is 27.2 Å². The van der Waals surface area contributed by atoms with E-state index in [1.165, 1.54) is 0 Å². The molecule has 0 unspecified atom stereocenters. The molecule has 7 nitrogen and oxygen atoms in total. The van der Waals surface area contributed by atoms with E-state index in [0.29, 0.717) is 31.9 Å². The molecule has 0 bridgehead atoms. The average molecular weight is 393 g/mol. The summed E-state index contributed by atoms with van der Waals surface area (Å²) in [6.45, 7) is 5.92. The minimum absolute atomic E-state index is 0.102. The third-order valence-corrected chi connectivity index (χ3v) is 5.50. The molecule has 1 aliphatic rings. The largest absolute Gasteiger partial charge is 0.378 e. The number of fused-ring (bicyclic) bond motifs is 1. The third kappa shape index (κ3) is 3.83. The van der Waals surface area contributed by atoms with Crippen LogP contribution >= 0.6 is 0 Å². The second-order valence-corrected chi connectivity index (χ2v) is 7.35. The molecule has 0 aliphatic carbocycles.